The number of nitriles is 1. The summed E-state index contributed by atoms with van der Waals surface area (Å²) in [5.41, 5.74) is -0.0657. The number of hydrogen-bond donors (Lipinski definition) is 2. The number of carbonyl (C=O) groups excluding carboxylic acids is 1. The average Bonchev–Trinajstić information content (AvgIpc) is 3.30. The summed E-state index contributed by atoms with van der Waals surface area (Å²) in [6.07, 6.45) is 3.06. The van der Waals surface area contributed by atoms with Crippen molar-refractivity contribution in [1.29, 1.82) is 5.26 Å². The monoisotopic (exact) mass is 445 g/mol. The number of amides is 1. The van der Waals surface area contributed by atoms with Crippen LogP contribution in [0.5, 0.6) is 0 Å². The quantitative estimate of drug-likeness (QED) is 0.576. The van der Waals surface area contributed by atoms with Crippen molar-refractivity contribution in [2.45, 2.75) is 45.4 Å². The second-order valence-electron chi connectivity index (χ2n) is 7.70. The molecule has 1 aromatic carbocycles. The second-order valence-corrected chi connectivity index (χ2v) is 8.11. The van der Waals surface area contributed by atoms with Crippen LogP contribution in [-0.2, 0) is 23.4 Å². The standard InChI is InChI=1S/C21H21ClFN5O3/c1-12(25-19(29)8-14-11-31-20(26-14)21(2,3)30)10-28-5-4-18(27-28)13-6-16(22)15(9-24)17(23)7-13/h4-7,11-12,30H,8,10H2,1-3H3,(H,25,29)/t12-/m0/s1. The minimum Gasteiger partial charge on any atom is -0.446 e. The van der Waals surface area contributed by atoms with E-state index in [1.54, 1.807) is 36.9 Å². The fourth-order valence-electron chi connectivity index (χ4n) is 2.93. The lowest BCUT2D eigenvalue weighted by molar-refractivity contribution is -0.121. The zero-order valence-electron chi connectivity index (χ0n) is 17.2. The van der Waals surface area contributed by atoms with Crippen LogP contribution in [0.25, 0.3) is 11.3 Å². The number of carbonyl (C=O) groups is 1. The second kappa shape index (κ2) is 8.88. The van der Waals surface area contributed by atoms with Crippen molar-refractivity contribution in [3.8, 4) is 17.3 Å². The molecule has 162 valence electrons. The molecule has 3 aromatic rings. The van der Waals surface area contributed by atoms with Crippen LogP contribution in [0.4, 0.5) is 4.39 Å². The molecule has 0 fully saturated rings. The van der Waals surface area contributed by atoms with Gasteiger partial charge in [0.15, 0.2) is 0 Å². The number of benzene rings is 1. The number of nitrogens with one attached hydrogen (secondary N) is 1. The molecule has 10 heteroatoms. The van der Waals surface area contributed by atoms with Gasteiger partial charge >= 0.3 is 0 Å². The van der Waals surface area contributed by atoms with Gasteiger partial charge in [-0.05, 0) is 39.0 Å². The van der Waals surface area contributed by atoms with E-state index in [0.717, 1.165) is 0 Å². The third-order valence-electron chi connectivity index (χ3n) is 4.38. The summed E-state index contributed by atoms with van der Waals surface area (Å²) >= 11 is 5.96. The molecular formula is C21H21ClFN5O3. The summed E-state index contributed by atoms with van der Waals surface area (Å²) in [4.78, 5) is 16.4. The Morgan fingerprint density at radius 3 is 2.84 bits per heavy atom. The molecule has 1 atom stereocenters. The SMILES string of the molecule is C[C@@H](Cn1ccc(-c2cc(F)c(C#N)c(Cl)c2)n1)NC(=O)Cc1coc(C(C)(C)O)n1. The molecular weight excluding hydrogens is 425 g/mol. The van der Waals surface area contributed by atoms with Crippen molar-refractivity contribution < 1.29 is 18.7 Å². The maximum Gasteiger partial charge on any atom is 0.226 e. The first-order chi connectivity index (χ1) is 14.6. The van der Waals surface area contributed by atoms with Crippen molar-refractivity contribution >= 4 is 17.5 Å². The average molecular weight is 446 g/mol. The van der Waals surface area contributed by atoms with Gasteiger partial charge in [0.05, 0.1) is 29.4 Å². The number of hydrogen-bond acceptors (Lipinski definition) is 6. The van der Waals surface area contributed by atoms with E-state index in [1.807, 2.05) is 6.92 Å². The van der Waals surface area contributed by atoms with E-state index in [0.29, 0.717) is 23.5 Å². The Morgan fingerprint density at radius 2 is 2.23 bits per heavy atom. The minimum absolute atomic E-state index is 0.0112. The molecule has 0 saturated carbocycles. The lowest BCUT2D eigenvalue weighted by atomic mass is 10.1. The largest absolute Gasteiger partial charge is 0.446 e. The molecule has 0 aliphatic carbocycles. The summed E-state index contributed by atoms with van der Waals surface area (Å²) in [5, 5.41) is 26.0. The predicted molar refractivity (Wildman–Crippen MR) is 110 cm³/mol. The van der Waals surface area contributed by atoms with Gasteiger partial charge in [-0.2, -0.15) is 10.4 Å². The van der Waals surface area contributed by atoms with Crippen LogP contribution in [-0.4, -0.2) is 31.8 Å². The Hall–Kier alpha value is -3.22. The van der Waals surface area contributed by atoms with E-state index in [4.69, 9.17) is 21.3 Å². The first-order valence-corrected chi connectivity index (χ1v) is 9.84. The van der Waals surface area contributed by atoms with Gasteiger partial charge in [0.2, 0.25) is 11.8 Å². The number of oxazole rings is 1. The van der Waals surface area contributed by atoms with E-state index < -0.39 is 11.4 Å². The van der Waals surface area contributed by atoms with Gasteiger partial charge in [-0.1, -0.05) is 11.6 Å². The molecule has 0 aliphatic rings. The Bertz CT molecular complexity index is 1120. The number of halogens is 2. The number of aliphatic hydroxyl groups is 1. The van der Waals surface area contributed by atoms with E-state index in [2.05, 4.69) is 15.4 Å². The van der Waals surface area contributed by atoms with Crippen molar-refractivity contribution in [3.05, 3.63) is 58.6 Å². The maximum atomic E-state index is 14.0. The highest BCUT2D eigenvalue weighted by Crippen LogP contribution is 2.26. The summed E-state index contributed by atoms with van der Waals surface area (Å²) in [7, 11) is 0. The summed E-state index contributed by atoms with van der Waals surface area (Å²) in [6, 6.07) is 5.87. The molecule has 0 radical (unpaired) electrons. The molecule has 2 N–H and O–H groups in total. The highest BCUT2D eigenvalue weighted by atomic mass is 35.5. The normalized spacial score (nSPS) is 12.4. The topological polar surface area (TPSA) is 117 Å². The molecule has 2 heterocycles. The highest BCUT2D eigenvalue weighted by Gasteiger charge is 2.23. The molecule has 0 saturated heterocycles. The van der Waals surface area contributed by atoms with Gasteiger partial charge < -0.3 is 14.8 Å². The maximum absolute atomic E-state index is 14.0. The van der Waals surface area contributed by atoms with Crippen LogP contribution >= 0.6 is 11.6 Å². The molecule has 2 aromatic heterocycles. The highest BCUT2D eigenvalue weighted by molar-refractivity contribution is 6.32. The third-order valence-corrected chi connectivity index (χ3v) is 4.67. The van der Waals surface area contributed by atoms with E-state index in [1.165, 1.54) is 18.4 Å². The van der Waals surface area contributed by atoms with Gasteiger partial charge in [-0.15, -0.1) is 0 Å². The zero-order valence-corrected chi connectivity index (χ0v) is 17.9. The van der Waals surface area contributed by atoms with Crippen LogP contribution in [0, 0.1) is 17.1 Å². The van der Waals surface area contributed by atoms with Crippen molar-refractivity contribution in [2.75, 3.05) is 0 Å². The Labute approximate surface area is 183 Å². The summed E-state index contributed by atoms with van der Waals surface area (Å²) in [6.45, 7) is 5.29. The van der Waals surface area contributed by atoms with Gasteiger partial charge in [0, 0.05) is 17.8 Å². The van der Waals surface area contributed by atoms with Crippen molar-refractivity contribution in [2.24, 2.45) is 0 Å². The predicted octanol–water partition coefficient (Wildman–Crippen LogP) is 3.18. The Morgan fingerprint density at radius 1 is 1.48 bits per heavy atom. The van der Waals surface area contributed by atoms with Crippen LogP contribution in [0.15, 0.2) is 35.1 Å². The summed E-state index contributed by atoms with van der Waals surface area (Å²) in [5.74, 6) is -0.816. The Balaban J connectivity index is 1.60. The number of aromatic nitrogens is 3. The van der Waals surface area contributed by atoms with E-state index >= 15 is 0 Å². The van der Waals surface area contributed by atoms with Crippen molar-refractivity contribution in [1.82, 2.24) is 20.1 Å². The van der Waals surface area contributed by atoms with Crippen LogP contribution in [0.3, 0.4) is 0 Å². The molecule has 3 rings (SSSR count). The first-order valence-electron chi connectivity index (χ1n) is 9.46. The molecule has 0 unspecified atom stereocenters. The fourth-order valence-corrected chi connectivity index (χ4v) is 3.18. The van der Waals surface area contributed by atoms with Crippen molar-refractivity contribution in [3.63, 3.8) is 0 Å². The van der Waals surface area contributed by atoms with Crippen LogP contribution < -0.4 is 5.32 Å². The fraction of sp³-hybridized carbons (Fsp3) is 0.333. The van der Waals surface area contributed by atoms with E-state index in [9.17, 15) is 14.3 Å². The van der Waals surface area contributed by atoms with Gasteiger partial charge in [-0.25, -0.2) is 9.37 Å². The first kappa shape index (κ1) is 22.5. The molecule has 0 bridgehead atoms. The molecule has 0 aliphatic heterocycles. The minimum atomic E-state index is -1.22. The van der Waals surface area contributed by atoms with Gasteiger partial charge in [-0.3, -0.25) is 9.48 Å². The number of rotatable bonds is 7. The molecule has 0 spiro atoms. The smallest absolute Gasteiger partial charge is 0.226 e. The number of nitrogens with zero attached hydrogens (tertiary/aromatic N) is 4. The lowest BCUT2D eigenvalue weighted by Crippen LogP contribution is -2.36. The molecule has 31 heavy (non-hydrogen) atoms. The van der Waals surface area contributed by atoms with Crippen LogP contribution in [0.2, 0.25) is 5.02 Å². The van der Waals surface area contributed by atoms with Gasteiger partial charge in [0.25, 0.3) is 0 Å². The van der Waals surface area contributed by atoms with E-state index in [-0.39, 0.29) is 34.8 Å². The Kier molecular flexibility index (Phi) is 6.43. The molecule has 1 amide bonds. The van der Waals surface area contributed by atoms with Crippen LogP contribution in [0.1, 0.15) is 37.9 Å². The zero-order chi connectivity index (χ0) is 22.8. The third kappa shape index (κ3) is 5.48. The molecule has 8 nitrogen and oxygen atoms in total. The lowest BCUT2D eigenvalue weighted by Gasteiger charge is -2.13. The van der Waals surface area contributed by atoms with Gasteiger partial charge in [0.1, 0.15) is 29.3 Å². The summed E-state index contributed by atoms with van der Waals surface area (Å²) < 4.78 is 20.8.